The maximum atomic E-state index is 15.1. The topological polar surface area (TPSA) is 88.4 Å². The molecule has 6 nitrogen and oxygen atoms in total. The Kier molecular flexibility index (Phi) is 8.57. The Balaban J connectivity index is 1.62. The lowest BCUT2D eigenvalue weighted by molar-refractivity contribution is -0.138. The molecule has 3 aromatic carbocycles. The predicted molar refractivity (Wildman–Crippen MR) is 144 cm³/mol. The van der Waals surface area contributed by atoms with E-state index in [2.05, 4.69) is 5.32 Å². The average Bonchev–Trinajstić information content (AvgIpc) is 3.23. The fourth-order valence-electron chi connectivity index (χ4n) is 4.45. The highest BCUT2D eigenvalue weighted by Gasteiger charge is 2.33. The van der Waals surface area contributed by atoms with Crippen LogP contribution in [0.2, 0.25) is 5.02 Å². The van der Waals surface area contributed by atoms with E-state index in [4.69, 9.17) is 11.6 Å². The maximum absolute atomic E-state index is 15.1. The van der Waals surface area contributed by atoms with Crippen LogP contribution in [-0.4, -0.2) is 36.4 Å². The van der Waals surface area contributed by atoms with Gasteiger partial charge in [-0.05, 0) is 53.6 Å². The number of halogens is 5. The molecule has 0 unspecified atom stereocenters. The molecule has 212 valence electrons. The molecule has 0 spiro atoms. The van der Waals surface area contributed by atoms with E-state index < -0.39 is 33.3 Å². The number of carbonyl (C=O) groups excluding carboxylic acids is 1. The standard InChI is InChI=1S/C28H25ClF4N2O4S/c1-2-40(38,39)22-7-3-17(4-8-22)16-34-27(37)23-13-19-12-21(35(9-10-36)26(19)15-25(23)30)11-18-5-6-20(29)14-24(18)28(31,32)33/h3-8,12-15,36H,2,9-11,16H2,1H3,(H,34,37). The number of aromatic nitrogens is 1. The zero-order valence-corrected chi connectivity index (χ0v) is 22.8. The molecule has 4 aromatic rings. The summed E-state index contributed by atoms with van der Waals surface area (Å²) in [5.41, 5.74) is 0.0873. The van der Waals surface area contributed by atoms with Crippen LogP contribution in [0.25, 0.3) is 10.9 Å². The highest BCUT2D eigenvalue weighted by atomic mass is 35.5. The lowest BCUT2D eigenvalue weighted by atomic mass is 10.0. The minimum atomic E-state index is -4.64. The molecule has 12 heteroatoms. The first-order valence-electron chi connectivity index (χ1n) is 12.2. The van der Waals surface area contributed by atoms with Crippen molar-refractivity contribution < 1.29 is 35.9 Å². The fraction of sp³-hybridized carbons (Fsp3) is 0.250. The molecule has 4 rings (SSSR count). The number of nitrogens with zero attached hydrogens (tertiary/aromatic N) is 1. The van der Waals surface area contributed by atoms with Crippen LogP contribution in [0.4, 0.5) is 17.6 Å². The van der Waals surface area contributed by atoms with Gasteiger partial charge in [0, 0.05) is 35.6 Å². The van der Waals surface area contributed by atoms with Crippen molar-refractivity contribution in [1.82, 2.24) is 9.88 Å². The summed E-state index contributed by atoms with van der Waals surface area (Å²) < 4.78 is 81.4. The third-order valence-corrected chi connectivity index (χ3v) is 8.49. The monoisotopic (exact) mass is 596 g/mol. The number of hydrogen-bond acceptors (Lipinski definition) is 4. The molecule has 1 amide bonds. The van der Waals surface area contributed by atoms with E-state index in [1.165, 1.54) is 41.8 Å². The van der Waals surface area contributed by atoms with E-state index in [0.717, 1.165) is 12.1 Å². The number of amides is 1. The zero-order valence-electron chi connectivity index (χ0n) is 21.2. The molecule has 0 radical (unpaired) electrons. The number of aliphatic hydroxyl groups excluding tert-OH is 1. The minimum Gasteiger partial charge on any atom is -0.395 e. The van der Waals surface area contributed by atoms with Gasteiger partial charge in [0.1, 0.15) is 5.82 Å². The van der Waals surface area contributed by atoms with Crippen LogP contribution in [0.15, 0.2) is 65.6 Å². The first-order valence-corrected chi connectivity index (χ1v) is 14.2. The number of fused-ring (bicyclic) bond motifs is 1. The van der Waals surface area contributed by atoms with Crippen molar-refractivity contribution in [3.05, 3.63) is 99.5 Å². The van der Waals surface area contributed by atoms with Gasteiger partial charge >= 0.3 is 6.18 Å². The number of rotatable bonds is 9. The van der Waals surface area contributed by atoms with Crippen molar-refractivity contribution in [2.75, 3.05) is 12.4 Å². The molecule has 0 aliphatic carbocycles. The average molecular weight is 597 g/mol. The second-order valence-corrected chi connectivity index (χ2v) is 11.8. The number of sulfone groups is 1. The van der Waals surface area contributed by atoms with Gasteiger partial charge in [-0.3, -0.25) is 4.79 Å². The summed E-state index contributed by atoms with van der Waals surface area (Å²) in [6.45, 7) is 1.21. The van der Waals surface area contributed by atoms with Crippen LogP contribution in [0.3, 0.4) is 0 Å². The second-order valence-electron chi connectivity index (χ2n) is 9.11. The molecule has 40 heavy (non-hydrogen) atoms. The summed E-state index contributed by atoms with van der Waals surface area (Å²) in [6.07, 6.45) is -4.82. The van der Waals surface area contributed by atoms with Crippen LogP contribution in [0.5, 0.6) is 0 Å². The molecule has 0 saturated heterocycles. The number of benzene rings is 3. The summed E-state index contributed by atoms with van der Waals surface area (Å²) in [5, 5.41) is 12.5. The summed E-state index contributed by atoms with van der Waals surface area (Å²) >= 11 is 5.79. The number of carbonyl (C=O) groups is 1. The highest BCUT2D eigenvalue weighted by molar-refractivity contribution is 7.91. The number of alkyl halides is 3. The Morgan fingerprint density at radius 2 is 1.75 bits per heavy atom. The first-order chi connectivity index (χ1) is 18.8. The quantitative estimate of drug-likeness (QED) is 0.241. The molecule has 0 fully saturated rings. The molecular formula is C28H25ClF4N2O4S. The van der Waals surface area contributed by atoms with E-state index >= 15 is 4.39 Å². The minimum absolute atomic E-state index is 0.00248. The lowest BCUT2D eigenvalue weighted by Crippen LogP contribution is -2.24. The van der Waals surface area contributed by atoms with Gasteiger partial charge in [-0.2, -0.15) is 13.2 Å². The van der Waals surface area contributed by atoms with Crippen molar-refractivity contribution >= 4 is 38.2 Å². The first kappa shape index (κ1) is 29.6. The van der Waals surface area contributed by atoms with E-state index in [9.17, 15) is 31.5 Å². The summed E-state index contributed by atoms with van der Waals surface area (Å²) in [6, 6.07) is 13.4. The molecule has 2 N–H and O–H groups in total. The highest BCUT2D eigenvalue weighted by Crippen LogP contribution is 2.35. The van der Waals surface area contributed by atoms with Crippen molar-refractivity contribution in [1.29, 1.82) is 0 Å². The second kappa shape index (κ2) is 11.6. The van der Waals surface area contributed by atoms with Crippen molar-refractivity contribution in [3.8, 4) is 0 Å². The maximum Gasteiger partial charge on any atom is 0.416 e. The molecule has 1 heterocycles. The van der Waals surface area contributed by atoms with Gasteiger partial charge in [0.15, 0.2) is 9.84 Å². The Bertz CT molecular complexity index is 1670. The van der Waals surface area contributed by atoms with Gasteiger partial charge in [0.2, 0.25) is 0 Å². The Morgan fingerprint density at radius 3 is 2.38 bits per heavy atom. The lowest BCUT2D eigenvalue weighted by Gasteiger charge is -2.15. The Labute approximate surface area is 233 Å². The normalized spacial score (nSPS) is 12.2. The molecule has 0 atom stereocenters. The van der Waals surface area contributed by atoms with Crippen LogP contribution in [-0.2, 0) is 35.5 Å². The number of nitrogens with one attached hydrogen (secondary N) is 1. The van der Waals surface area contributed by atoms with Crippen molar-refractivity contribution in [2.45, 2.75) is 37.5 Å². The zero-order chi connectivity index (χ0) is 29.2. The SMILES string of the molecule is CCS(=O)(=O)c1ccc(CNC(=O)c2cc3cc(Cc4ccc(Cl)cc4C(F)(F)F)n(CCO)c3cc2F)cc1. The van der Waals surface area contributed by atoms with E-state index in [0.29, 0.717) is 22.2 Å². The third-order valence-electron chi connectivity index (χ3n) is 6.51. The number of hydrogen-bond donors (Lipinski definition) is 2. The van der Waals surface area contributed by atoms with Crippen molar-refractivity contribution in [2.24, 2.45) is 0 Å². The van der Waals surface area contributed by atoms with E-state index in [-0.39, 0.29) is 52.9 Å². The molecule has 0 aliphatic heterocycles. The predicted octanol–water partition coefficient (Wildman–Crippen LogP) is 5.76. The molecule has 0 bridgehead atoms. The van der Waals surface area contributed by atoms with Gasteiger partial charge in [-0.1, -0.05) is 36.7 Å². The van der Waals surface area contributed by atoms with Crippen LogP contribution >= 0.6 is 11.6 Å². The molecule has 0 aliphatic rings. The molecule has 0 saturated carbocycles. The van der Waals surface area contributed by atoms with Crippen LogP contribution in [0.1, 0.15) is 39.7 Å². The fourth-order valence-corrected chi connectivity index (χ4v) is 5.50. The molecule has 1 aromatic heterocycles. The summed E-state index contributed by atoms with van der Waals surface area (Å²) in [7, 11) is -3.37. The smallest absolute Gasteiger partial charge is 0.395 e. The summed E-state index contributed by atoms with van der Waals surface area (Å²) in [5.74, 6) is -1.62. The largest absolute Gasteiger partial charge is 0.416 e. The van der Waals surface area contributed by atoms with Gasteiger partial charge < -0.3 is 15.0 Å². The van der Waals surface area contributed by atoms with Gasteiger partial charge in [-0.25, -0.2) is 12.8 Å². The Morgan fingerprint density at radius 1 is 1.05 bits per heavy atom. The van der Waals surface area contributed by atoms with Gasteiger partial charge in [0.05, 0.1) is 33.9 Å². The van der Waals surface area contributed by atoms with Gasteiger partial charge in [0.25, 0.3) is 5.91 Å². The van der Waals surface area contributed by atoms with Crippen molar-refractivity contribution in [3.63, 3.8) is 0 Å². The Hall–Kier alpha value is -3.41. The third kappa shape index (κ3) is 6.32. The summed E-state index contributed by atoms with van der Waals surface area (Å²) in [4.78, 5) is 13.0. The van der Waals surface area contributed by atoms with Crippen LogP contribution in [0, 0.1) is 5.82 Å². The number of aliphatic hydroxyl groups is 1. The van der Waals surface area contributed by atoms with E-state index in [1.807, 2.05) is 0 Å². The van der Waals surface area contributed by atoms with Gasteiger partial charge in [-0.15, -0.1) is 0 Å². The van der Waals surface area contributed by atoms with E-state index in [1.54, 1.807) is 18.2 Å². The van der Waals surface area contributed by atoms with Crippen LogP contribution < -0.4 is 5.32 Å². The molecular weight excluding hydrogens is 572 g/mol.